The van der Waals surface area contributed by atoms with Crippen LogP contribution < -0.4 is 10.5 Å². The number of nitrogen functional groups attached to an aromatic ring is 1. The maximum absolute atomic E-state index is 13.7. The number of rotatable bonds is 4. The number of aromatic nitrogens is 2. The predicted molar refractivity (Wildman–Crippen MR) is 93.8 cm³/mol. The number of benzene rings is 2. The molecule has 0 amide bonds. The molecule has 128 valence electrons. The molecule has 2 N–H and O–H groups in total. The van der Waals surface area contributed by atoms with Crippen LogP contribution in [0.25, 0.3) is 5.69 Å². The first-order chi connectivity index (χ1) is 11.9. The van der Waals surface area contributed by atoms with Crippen LogP contribution in [-0.2, 0) is 0 Å². The zero-order valence-electron chi connectivity index (χ0n) is 14.2. The lowest BCUT2D eigenvalue weighted by molar-refractivity contribution is 0.103. The molecule has 25 heavy (non-hydrogen) atoms. The molecule has 3 aromatic rings. The van der Waals surface area contributed by atoms with E-state index in [-0.39, 0.29) is 23.0 Å². The minimum Gasteiger partial charge on any atom is -0.497 e. The number of nitrogens with zero attached hydrogens (tertiary/aromatic N) is 2. The Bertz CT molecular complexity index is 963. The van der Waals surface area contributed by atoms with Gasteiger partial charge in [0.1, 0.15) is 17.4 Å². The minimum atomic E-state index is -0.292. The third kappa shape index (κ3) is 2.87. The molecule has 0 fully saturated rings. The van der Waals surface area contributed by atoms with Gasteiger partial charge in [-0.3, -0.25) is 4.79 Å². The van der Waals surface area contributed by atoms with Gasteiger partial charge in [-0.15, -0.1) is 0 Å². The molecule has 0 aliphatic rings. The summed E-state index contributed by atoms with van der Waals surface area (Å²) in [7, 11) is 1.54. The summed E-state index contributed by atoms with van der Waals surface area (Å²) in [5.74, 6) is 0.252. The molecule has 1 heterocycles. The van der Waals surface area contributed by atoms with Crippen LogP contribution in [-0.4, -0.2) is 22.7 Å². The van der Waals surface area contributed by atoms with Crippen molar-refractivity contribution in [2.75, 3.05) is 12.8 Å². The average Bonchev–Trinajstić information content (AvgIpc) is 3.00. The Labute approximate surface area is 144 Å². The summed E-state index contributed by atoms with van der Waals surface area (Å²) >= 11 is 0. The van der Waals surface area contributed by atoms with E-state index < -0.39 is 0 Å². The molecule has 0 radical (unpaired) electrons. The van der Waals surface area contributed by atoms with Crippen molar-refractivity contribution in [3.05, 3.63) is 70.7 Å². The second kappa shape index (κ2) is 6.39. The number of anilines is 1. The predicted octanol–water partition coefficient (Wildman–Crippen LogP) is 3.45. The number of hydrogen-bond donors (Lipinski definition) is 1. The molecule has 6 heteroatoms. The summed E-state index contributed by atoms with van der Waals surface area (Å²) in [5, 5.41) is 4.22. The van der Waals surface area contributed by atoms with Gasteiger partial charge in [0.2, 0.25) is 0 Å². The lowest BCUT2D eigenvalue weighted by Crippen LogP contribution is -2.09. The average molecular weight is 339 g/mol. The number of nitrogens with two attached hydrogens (primary N) is 1. The van der Waals surface area contributed by atoms with Crippen molar-refractivity contribution >= 4 is 11.6 Å². The van der Waals surface area contributed by atoms with Crippen molar-refractivity contribution in [1.82, 2.24) is 9.78 Å². The Morgan fingerprint density at radius 3 is 2.68 bits per heavy atom. The summed E-state index contributed by atoms with van der Waals surface area (Å²) in [5.41, 5.74) is 8.78. The number of methoxy groups -OCH3 is 1. The van der Waals surface area contributed by atoms with Gasteiger partial charge in [0, 0.05) is 5.56 Å². The third-order valence-electron chi connectivity index (χ3n) is 4.30. The van der Waals surface area contributed by atoms with E-state index in [1.807, 2.05) is 0 Å². The Hall–Kier alpha value is -3.15. The molecule has 0 spiro atoms. The van der Waals surface area contributed by atoms with E-state index in [1.165, 1.54) is 24.1 Å². The number of halogens is 1. The lowest BCUT2D eigenvalue weighted by Gasteiger charge is -2.11. The largest absolute Gasteiger partial charge is 0.497 e. The van der Waals surface area contributed by atoms with Crippen LogP contribution in [0.4, 0.5) is 10.2 Å². The van der Waals surface area contributed by atoms with Gasteiger partial charge in [-0.05, 0) is 49.2 Å². The summed E-state index contributed by atoms with van der Waals surface area (Å²) in [4.78, 5) is 12.7. The second-order valence-corrected chi connectivity index (χ2v) is 5.73. The van der Waals surface area contributed by atoms with E-state index in [4.69, 9.17) is 10.5 Å². The maximum Gasteiger partial charge on any atom is 0.198 e. The zero-order chi connectivity index (χ0) is 18.1. The van der Waals surface area contributed by atoms with Crippen molar-refractivity contribution in [2.24, 2.45) is 0 Å². The second-order valence-electron chi connectivity index (χ2n) is 5.73. The number of carbonyl (C=O) groups is 1. The maximum atomic E-state index is 13.7. The van der Waals surface area contributed by atoms with E-state index >= 15 is 0 Å². The molecular weight excluding hydrogens is 321 g/mol. The Morgan fingerprint density at radius 2 is 1.96 bits per heavy atom. The van der Waals surface area contributed by atoms with Crippen molar-refractivity contribution in [1.29, 1.82) is 0 Å². The number of ketones is 1. The molecule has 2 aromatic carbocycles. The highest BCUT2D eigenvalue weighted by Crippen LogP contribution is 2.25. The minimum absolute atomic E-state index is 0.210. The molecule has 0 bridgehead atoms. The monoisotopic (exact) mass is 339 g/mol. The molecule has 0 aliphatic heterocycles. The fourth-order valence-electron chi connectivity index (χ4n) is 2.65. The first-order valence-electron chi connectivity index (χ1n) is 7.72. The van der Waals surface area contributed by atoms with Gasteiger partial charge >= 0.3 is 0 Å². The molecule has 0 saturated heterocycles. The van der Waals surface area contributed by atoms with Gasteiger partial charge in [0.15, 0.2) is 5.78 Å². The van der Waals surface area contributed by atoms with Crippen LogP contribution in [0.15, 0.2) is 42.6 Å². The number of hydrogen-bond acceptors (Lipinski definition) is 4. The van der Waals surface area contributed by atoms with Gasteiger partial charge in [-0.1, -0.05) is 12.1 Å². The molecule has 0 saturated carbocycles. The van der Waals surface area contributed by atoms with Crippen molar-refractivity contribution in [3.63, 3.8) is 0 Å². The van der Waals surface area contributed by atoms with Crippen molar-refractivity contribution in [2.45, 2.75) is 13.8 Å². The normalized spacial score (nSPS) is 10.7. The number of ether oxygens (including phenoxy) is 1. The van der Waals surface area contributed by atoms with Crippen molar-refractivity contribution in [3.8, 4) is 11.4 Å². The fraction of sp³-hybridized carbons (Fsp3) is 0.158. The van der Waals surface area contributed by atoms with E-state index in [1.54, 1.807) is 44.2 Å². The Balaban J connectivity index is 2.04. The van der Waals surface area contributed by atoms with Gasteiger partial charge in [0.05, 0.1) is 24.6 Å². The first-order valence-corrected chi connectivity index (χ1v) is 7.72. The molecule has 5 nitrogen and oxygen atoms in total. The smallest absolute Gasteiger partial charge is 0.198 e. The Morgan fingerprint density at radius 1 is 1.20 bits per heavy atom. The van der Waals surface area contributed by atoms with Crippen LogP contribution in [0.1, 0.15) is 27.0 Å². The van der Waals surface area contributed by atoms with Gasteiger partial charge in [-0.25, -0.2) is 9.07 Å². The SMILES string of the molecule is COc1cccc(C(=O)c2cnn(-c3ccc(F)c(C)c3C)c2N)c1. The standard InChI is InChI=1S/C19H18FN3O2/c1-11-12(2)17(8-7-16(11)20)23-19(21)15(10-22-23)18(24)13-5-4-6-14(9-13)25-3/h4-10H,21H2,1-3H3. The van der Waals surface area contributed by atoms with Gasteiger partial charge in [0.25, 0.3) is 0 Å². The Kier molecular flexibility index (Phi) is 4.27. The highest BCUT2D eigenvalue weighted by atomic mass is 19.1. The summed E-state index contributed by atoms with van der Waals surface area (Å²) in [6.45, 7) is 3.48. The van der Waals surface area contributed by atoms with Crippen LogP contribution in [0.5, 0.6) is 5.75 Å². The summed E-state index contributed by atoms with van der Waals surface area (Å²) in [6.07, 6.45) is 1.43. The van der Waals surface area contributed by atoms with Crippen LogP contribution in [0, 0.1) is 19.7 Å². The van der Waals surface area contributed by atoms with Gasteiger partial charge in [-0.2, -0.15) is 5.10 Å². The van der Waals surface area contributed by atoms with E-state index in [0.717, 1.165) is 5.56 Å². The van der Waals surface area contributed by atoms with Crippen molar-refractivity contribution < 1.29 is 13.9 Å². The molecule has 3 rings (SSSR count). The fourth-order valence-corrected chi connectivity index (χ4v) is 2.65. The zero-order valence-corrected chi connectivity index (χ0v) is 14.2. The van der Waals surface area contributed by atoms with E-state index in [9.17, 15) is 9.18 Å². The summed E-state index contributed by atoms with van der Waals surface area (Å²) < 4.78 is 20.3. The summed E-state index contributed by atoms with van der Waals surface area (Å²) in [6, 6.07) is 9.79. The highest BCUT2D eigenvalue weighted by molar-refractivity contribution is 6.11. The van der Waals surface area contributed by atoms with E-state index in [2.05, 4.69) is 5.10 Å². The lowest BCUT2D eigenvalue weighted by atomic mass is 10.1. The van der Waals surface area contributed by atoms with E-state index in [0.29, 0.717) is 22.6 Å². The van der Waals surface area contributed by atoms with Gasteiger partial charge < -0.3 is 10.5 Å². The van der Waals surface area contributed by atoms with Crippen LogP contribution >= 0.6 is 0 Å². The van der Waals surface area contributed by atoms with Crippen LogP contribution in [0.2, 0.25) is 0 Å². The molecule has 1 aromatic heterocycles. The molecule has 0 atom stereocenters. The molecule has 0 unspecified atom stereocenters. The highest BCUT2D eigenvalue weighted by Gasteiger charge is 2.19. The number of carbonyl (C=O) groups excluding carboxylic acids is 1. The first kappa shape index (κ1) is 16.7. The third-order valence-corrected chi connectivity index (χ3v) is 4.30. The molecule has 0 aliphatic carbocycles. The topological polar surface area (TPSA) is 70.1 Å². The molecular formula is C19H18FN3O2. The quantitative estimate of drug-likeness (QED) is 0.739. The van der Waals surface area contributed by atoms with Crippen LogP contribution in [0.3, 0.4) is 0 Å².